The minimum Gasteiger partial charge on any atom is -0.504 e. The molecule has 2 N–H and O–H groups in total. The van der Waals surface area contributed by atoms with Gasteiger partial charge in [0.05, 0.1) is 24.3 Å². The molecule has 0 saturated heterocycles. The molecule has 0 unspecified atom stereocenters. The number of aromatic hydroxyl groups is 1. The summed E-state index contributed by atoms with van der Waals surface area (Å²) in [5, 5.41) is 13.7. The molecule has 0 fully saturated rings. The van der Waals surface area contributed by atoms with Crippen molar-refractivity contribution >= 4 is 38.1 Å². The fourth-order valence-corrected chi connectivity index (χ4v) is 4.67. The maximum Gasteiger partial charge on any atom is 0.255 e. The third-order valence-corrected chi connectivity index (χ3v) is 6.99. The smallest absolute Gasteiger partial charge is 0.255 e. The average molecular weight is 546 g/mol. The Hall–Kier alpha value is -3.21. The van der Waals surface area contributed by atoms with E-state index in [1.807, 2.05) is 6.07 Å². The number of amides is 1. The lowest BCUT2D eigenvalue weighted by molar-refractivity contribution is -0.121. The lowest BCUT2D eigenvalue weighted by atomic mass is 10.2. The van der Waals surface area contributed by atoms with Crippen molar-refractivity contribution in [2.75, 3.05) is 13.2 Å². The number of hydrogen-bond donors (Lipinski definition) is 2. The first-order valence-electron chi connectivity index (χ1n) is 10.4. The number of phenols is 1. The minimum absolute atomic E-state index is 0.00209. The highest BCUT2D eigenvalue weighted by molar-refractivity contribution is 9.10. The highest BCUT2D eigenvalue weighted by Gasteiger charge is 2.27. The number of hydrazone groups is 1. The number of sulfonamides is 1. The minimum atomic E-state index is -3.95. The molecule has 3 aromatic carbocycles. The summed E-state index contributed by atoms with van der Waals surface area (Å²) < 4.78 is 33.7. The fourth-order valence-electron chi connectivity index (χ4n) is 3.03. The standard InChI is InChI=1S/C24H24BrN3O5S/c1-2-33-23-14-19(8-13-22(23)29)15-26-27-24(30)17-28(16-18-6-4-3-5-7-18)34(31,32)21-11-9-20(25)10-12-21/h3-15,29H,2,16-17H2,1H3,(H,27,30). The number of rotatable bonds is 10. The maximum absolute atomic E-state index is 13.3. The Balaban J connectivity index is 1.75. The number of nitrogens with zero attached hydrogens (tertiary/aromatic N) is 2. The summed E-state index contributed by atoms with van der Waals surface area (Å²) in [5.74, 6) is -0.304. The Morgan fingerprint density at radius 3 is 2.50 bits per heavy atom. The van der Waals surface area contributed by atoms with Gasteiger partial charge in [-0.05, 0) is 60.5 Å². The first kappa shape index (κ1) is 25.4. The van der Waals surface area contributed by atoms with Crippen molar-refractivity contribution in [1.82, 2.24) is 9.73 Å². The van der Waals surface area contributed by atoms with Crippen molar-refractivity contribution in [3.63, 3.8) is 0 Å². The molecule has 3 rings (SSSR count). The van der Waals surface area contributed by atoms with Crippen molar-refractivity contribution in [2.24, 2.45) is 5.10 Å². The summed E-state index contributed by atoms with van der Waals surface area (Å²) >= 11 is 3.30. The second-order valence-corrected chi connectivity index (χ2v) is 10.0. The van der Waals surface area contributed by atoms with Crippen LogP contribution in [-0.2, 0) is 21.4 Å². The predicted molar refractivity (Wildman–Crippen MR) is 133 cm³/mol. The average Bonchev–Trinajstić information content (AvgIpc) is 2.82. The molecule has 10 heteroatoms. The van der Waals surface area contributed by atoms with Crippen LogP contribution in [0.15, 0.2) is 87.3 Å². The van der Waals surface area contributed by atoms with E-state index in [-0.39, 0.29) is 17.2 Å². The van der Waals surface area contributed by atoms with Gasteiger partial charge in [-0.2, -0.15) is 9.41 Å². The van der Waals surface area contributed by atoms with Crippen LogP contribution in [-0.4, -0.2) is 43.1 Å². The van der Waals surface area contributed by atoms with Gasteiger partial charge in [0.25, 0.3) is 5.91 Å². The second kappa shape index (κ2) is 11.8. The van der Waals surface area contributed by atoms with Crippen molar-refractivity contribution in [1.29, 1.82) is 0 Å². The van der Waals surface area contributed by atoms with Crippen LogP contribution in [0.1, 0.15) is 18.1 Å². The van der Waals surface area contributed by atoms with Crippen molar-refractivity contribution < 1.29 is 23.1 Å². The van der Waals surface area contributed by atoms with Crippen LogP contribution >= 0.6 is 15.9 Å². The van der Waals surface area contributed by atoms with Gasteiger partial charge < -0.3 is 9.84 Å². The molecule has 3 aromatic rings. The van der Waals surface area contributed by atoms with E-state index in [4.69, 9.17) is 4.74 Å². The molecule has 0 spiro atoms. The van der Waals surface area contributed by atoms with E-state index >= 15 is 0 Å². The van der Waals surface area contributed by atoms with Crippen LogP contribution in [0.2, 0.25) is 0 Å². The molecule has 0 atom stereocenters. The van der Waals surface area contributed by atoms with Gasteiger partial charge in [0.1, 0.15) is 0 Å². The monoisotopic (exact) mass is 545 g/mol. The fraction of sp³-hybridized carbons (Fsp3) is 0.167. The largest absolute Gasteiger partial charge is 0.504 e. The summed E-state index contributed by atoms with van der Waals surface area (Å²) in [4.78, 5) is 12.7. The highest BCUT2D eigenvalue weighted by atomic mass is 79.9. The Labute approximate surface area is 207 Å². The molecule has 0 heterocycles. The zero-order valence-corrected chi connectivity index (χ0v) is 20.8. The van der Waals surface area contributed by atoms with Crippen molar-refractivity contribution in [3.05, 3.63) is 88.4 Å². The maximum atomic E-state index is 13.3. The number of carbonyl (C=O) groups excluding carboxylic acids is 1. The number of ether oxygens (including phenoxy) is 1. The summed E-state index contributed by atoms with van der Waals surface area (Å²) in [7, 11) is -3.95. The molecular weight excluding hydrogens is 522 g/mol. The molecule has 0 aromatic heterocycles. The van der Waals surface area contributed by atoms with Gasteiger partial charge in [0, 0.05) is 11.0 Å². The third kappa shape index (κ3) is 6.89. The van der Waals surface area contributed by atoms with E-state index in [2.05, 4.69) is 26.5 Å². The normalized spacial score (nSPS) is 11.6. The van der Waals surface area contributed by atoms with Crippen LogP contribution in [0.4, 0.5) is 0 Å². The summed E-state index contributed by atoms with van der Waals surface area (Å²) in [6, 6.07) is 19.9. The van der Waals surface area contributed by atoms with Gasteiger partial charge in [0.2, 0.25) is 10.0 Å². The quantitative estimate of drug-likeness (QED) is 0.296. The summed E-state index contributed by atoms with van der Waals surface area (Å²) in [6.07, 6.45) is 1.38. The zero-order valence-electron chi connectivity index (χ0n) is 18.4. The van der Waals surface area contributed by atoms with Crippen LogP contribution in [0.25, 0.3) is 0 Å². The molecule has 0 aliphatic carbocycles. The summed E-state index contributed by atoms with van der Waals surface area (Å²) in [6.45, 7) is 1.77. The first-order valence-corrected chi connectivity index (χ1v) is 12.6. The highest BCUT2D eigenvalue weighted by Crippen LogP contribution is 2.26. The van der Waals surface area contributed by atoms with E-state index in [1.165, 1.54) is 24.4 Å². The lowest BCUT2D eigenvalue weighted by Gasteiger charge is -2.21. The van der Waals surface area contributed by atoms with E-state index in [9.17, 15) is 18.3 Å². The molecule has 0 aliphatic rings. The number of carbonyl (C=O) groups is 1. The SMILES string of the molecule is CCOc1cc(C=NNC(=O)CN(Cc2ccccc2)S(=O)(=O)c2ccc(Br)cc2)ccc1O. The first-order chi connectivity index (χ1) is 16.3. The second-order valence-electron chi connectivity index (χ2n) is 7.17. The number of hydrogen-bond acceptors (Lipinski definition) is 6. The molecule has 8 nitrogen and oxygen atoms in total. The lowest BCUT2D eigenvalue weighted by Crippen LogP contribution is -2.39. The van der Waals surface area contributed by atoms with Crippen LogP contribution in [0.5, 0.6) is 11.5 Å². The van der Waals surface area contributed by atoms with Crippen molar-refractivity contribution in [2.45, 2.75) is 18.4 Å². The molecule has 0 aliphatic heterocycles. The molecule has 178 valence electrons. The Bertz CT molecular complexity index is 1250. The number of phenolic OH excluding ortho intramolecular Hbond substituents is 1. The molecule has 34 heavy (non-hydrogen) atoms. The van der Waals surface area contributed by atoms with Crippen LogP contribution < -0.4 is 10.2 Å². The topological polar surface area (TPSA) is 108 Å². The third-order valence-electron chi connectivity index (χ3n) is 4.66. The van der Waals surface area contributed by atoms with E-state index in [1.54, 1.807) is 55.5 Å². The number of halogens is 1. The summed E-state index contributed by atoms with van der Waals surface area (Å²) in [5.41, 5.74) is 3.69. The zero-order chi connectivity index (χ0) is 24.6. The molecule has 0 saturated carbocycles. The number of benzene rings is 3. The van der Waals surface area contributed by atoms with Crippen molar-refractivity contribution in [3.8, 4) is 11.5 Å². The van der Waals surface area contributed by atoms with Crippen LogP contribution in [0, 0.1) is 0 Å². The Morgan fingerprint density at radius 1 is 1.12 bits per heavy atom. The molecular formula is C24H24BrN3O5S. The van der Waals surface area contributed by atoms with Gasteiger partial charge in [-0.25, -0.2) is 13.8 Å². The van der Waals surface area contributed by atoms with E-state index in [0.29, 0.717) is 17.9 Å². The Morgan fingerprint density at radius 2 is 1.82 bits per heavy atom. The van der Waals surface area contributed by atoms with Gasteiger partial charge in [-0.1, -0.05) is 46.3 Å². The molecule has 0 radical (unpaired) electrons. The predicted octanol–water partition coefficient (Wildman–Crippen LogP) is 3.89. The van der Waals surface area contributed by atoms with Crippen LogP contribution in [0.3, 0.4) is 0 Å². The van der Waals surface area contributed by atoms with E-state index in [0.717, 1.165) is 14.3 Å². The van der Waals surface area contributed by atoms with E-state index < -0.39 is 22.5 Å². The van der Waals surface area contributed by atoms with Gasteiger partial charge in [-0.15, -0.1) is 0 Å². The van der Waals surface area contributed by atoms with Gasteiger partial charge in [0.15, 0.2) is 11.5 Å². The molecule has 1 amide bonds. The van der Waals surface area contributed by atoms with Gasteiger partial charge >= 0.3 is 0 Å². The van der Waals surface area contributed by atoms with Gasteiger partial charge in [-0.3, -0.25) is 4.79 Å². The Kier molecular flexibility index (Phi) is 8.80. The molecule has 0 bridgehead atoms. The number of nitrogens with one attached hydrogen (secondary N) is 1.